The Hall–Kier alpha value is -0.120. The van der Waals surface area contributed by atoms with Crippen LogP contribution in [0.25, 0.3) is 0 Å². The average Bonchev–Trinajstić information content (AvgIpc) is 2.81. The number of aliphatic hydroxyl groups is 1. The summed E-state index contributed by atoms with van der Waals surface area (Å²) in [6.45, 7) is 10.2. The van der Waals surface area contributed by atoms with E-state index in [1.807, 2.05) is 0 Å². The Morgan fingerprint density at radius 2 is 2.18 bits per heavy atom. The molecule has 0 aliphatic carbocycles. The standard InChI is InChI=1S/C14H30N2O/c1-4-9-15-14(3,12-17)8-11-16-10-6-7-13(16)5-2/h13,15,17H,4-12H2,1-3H3. The van der Waals surface area contributed by atoms with Crippen LogP contribution in [0.4, 0.5) is 0 Å². The van der Waals surface area contributed by atoms with E-state index in [2.05, 4.69) is 31.0 Å². The lowest BCUT2D eigenvalue weighted by Gasteiger charge is -2.32. The number of hydrogen-bond donors (Lipinski definition) is 2. The number of likely N-dealkylation sites (tertiary alicyclic amines) is 1. The van der Waals surface area contributed by atoms with Crippen molar-refractivity contribution >= 4 is 0 Å². The lowest BCUT2D eigenvalue weighted by molar-refractivity contribution is 0.141. The van der Waals surface area contributed by atoms with Crippen LogP contribution in [-0.4, -0.2) is 47.8 Å². The largest absolute Gasteiger partial charge is 0.394 e. The van der Waals surface area contributed by atoms with E-state index in [0.717, 1.165) is 32.0 Å². The third-order valence-corrected chi connectivity index (χ3v) is 4.07. The van der Waals surface area contributed by atoms with Crippen LogP contribution in [0.5, 0.6) is 0 Å². The molecule has 3 nitrogen and oxygen atoms in total. The molecule has 1 saturated heterocycles. The summed E-state index contributed by atoms with van der Waals surface area (Å²) in [6, 6.07) is 0.782. The minimum absolute atomic E-state index is 0.100. The van der Waals surface area contributed by atoms with Gasteiger partial charge in [-0.15, -0.1) is 0 Å². The highest BCUT2D eigenvalue weighted by atomic mass is 16.3. The lowest BCUT2D eigenvalue weighted by Crippen LogP contribution is -2.48. The predicted octanol–water partition coefficient (Wildman–Crippen LogP) is 2.00. The zero-order valence-electron chi connectivity index (χ0n) is 11.8. The van der Waals surface area contributed by atoms with Crippen LogP contribution in [0.3, 0.4) is 0 Å². The van der Waals surface area contributed by atoms with Gasteiger partial charge in [-0.2, -0.15) is 0 Å². The molecule has 1 rings (SSSR count). The summed E-state index contributed by atoms with van der Waals surface area (Å²) in [5, 5.41) is 13.0. The molecule has 0 amide bonds. The normalized spacial score (nSPS) is 25.1. The quantitative estimate of drug-likeness (QED) is 0.683. The van der Waals surface area contributed by atoms with E-state index in [1.165, 1.54) is 25.8 Å². The van der Waals surface area contributed by atoms with Gasteiger partial charge >= 0.3 is 0 Å². The van der Waals surface area contributed by atoms with E-state index in [4.69, 9.17) is 0 Å². The summed E-state index contributed by atoms with van der Waals surface area (Å²) >= 11 is 0. The van der Waals surface area contributed by atoms with Crippen molar-refractivity contribution in [2.45, 2.75) is 64.5 Å². The van der Waals surface area contributed by atoms with Gasteiger partial charge in [0.05, 0.1) is 6.61 Å². The van der Waals surface area contributed by atoms with Crippen LogP contribution in [-0.2, 0) is 0 Å². The molecule has 0 aromatic rings. The molecule has 1 fully saturated rings. The van der Waals surface area contributed by atoms with E-state index >= 15 is 0 Å². The van der Waals surface area contributed by atoms with Crippen molar-refractivity contribution in [3.05, 3.63) is 0 Å². The average molecular weight is 242 g/mol. The summed E-state index contributed by atoms with van der Waals surface area (Å²) < 4.78 is 0. The topological polar surface area (TPSA) is 35.5 Å². The summed E-state index contributed by atoms with van der Waals surface area (Å²) in [6.07, 6.45) is 6.13. The summed E-state index contributed by atoms with van der Waals surface area (Å²) in [5.41, 5.74) is -0.100. The molecule has 2 unspecified atom stereocenters. The molecule has 0 radical (unpaired) electrons. The first kappa shape index (κ1) is 14.9. The lowest BCUT2D eigenvalue weighted by atomic mass is 9.98. The molecule has 0 saturated carbocycles. The zero-order valence-corrected chi connectivity index (χ0v) is 11.8. The van der Waals surface area contributed by atoms with Crippen molar-refractivity contribution in [2.75, 3.05) is 26.2 Å². The SMILES string of the molecule is CCCNC(C)(CO)CCN1CCCC1CC. The Balaban J connectivity index is 2.35. The Labute approximate surface area is 107 Å². The maximum Gasteiger partial charge on any atom is 0.0611 e. The minimum atomic E-state index is -0.100. The molecule has 3 heteroatoms. The summed E-state index contributed by atoms with van der Waals surface area (Å²) in [4.78, 5) is 2.60. The summed E-state index contributed by atoms with van der Waals surface area (Å²) in [5.74, 6) is 0. The van der Waals surface area contributed by atoms with E-state index in [1.54, 1.807) is 0 Å². The summed E-state index contributed by atoms with van der Waals surface area (Å²) in [7, 11) is 0. The van der Waals surface area contributed by atoms with Crippen LogP contribution >= 0.6 is 0 Å². The van der Waals surface area contributed by atoms with Gasteiger partial charge in [0.25, 0.3) is 0 Å². The maximum absolute atomic E-state index is 9.53. The van der Waals surface area contributed by atoms with Crippen molar-refractivity contribution in [3.8, 4) is 0 Å². The van der Waals surface area contributed by atoms with Gasteiger partial charge in [-0.1, -0.05) is 13.8 Å². The minimum Gasteiger partial charge on any atom is -0.394 e. The van der Waals surface area contributed by atoms with Crippen LogP contribution in [0, 0.1) is 0 Å². The molecular formula is C14H30N2O. The number of nitrogens with one attached hydrogen (secondary N) is 1. The van der Waals surface area contributed by atoms with Crippen LogP contribution in [0.15, 0.2) is 0 Å². The van der Waals surface area contributed by atoms with Gasteiger partial charge in [-0.05, 0) is 52.1 Å². The number of nitrogens with zero attached hydrogens (tertiary/aromatic N) is 1. The molecule has 0 aromatic heterocycles. The van der Waals surface area contributed by atoms with Crippen molar-refractivity contribution in [1.29, 1.82) is 0 Å². The third kappa shape index (κ3) is 4.57. The van der Waals surface area contributed by atoms with Gasteiger partial charge in [-0.3, -0.25) is 0 Å². The fraction of sp³-hybridized carbons (Fsp3) is 1.00. The monoisotopic (exact) mass is 242 g/mol. The fourth-order valence-electron chi connectivity index (χ4n) is 2.69. The third-order valence-electron chi connectivity index (χ3n) is 4.07. The molecule has 0 aromatic carbocycles. The van der Waals surface area contributed by atoms with Crippen LogP contribution < -0.4 is 5.32 Å². The van der Waals surface area contributed by atoms with E-state index in [-0.39, 0.29) is 12.1 Å². The van der Waals surface area contributed by atoms with E-state index in [0.29, 0.717) is 0 Å². The van der Waals surface area contributed by atoms with Crippen molar-refractivity contribution in [2.24, 2.45) is 0 Å². The molecule has 2 atom stereocenters. The molecule has 1 aliphatic rings. The Morgan fingerprint density at radius 3 is 2.76 bits per heavy atom. The van der Waals surface area contributed by atoms with Gasteiger partial charge in [0.2, 0.25) is 0 Å². The van der Waals surface area contributed by atoms with Crippen molar-refractivity contribution in [3.63, 3.8) is 0 Å². The molecule has 1 aliphatic heterocycles. The molecule has 102 valence electrons. The molecule has 17 heavy (non-hydrogen) atoms. The van der Waals surface area contributed by atoms with Gasteiger partial charge in [0, 0.05) is 18.1 Å². The zero-order chi connectivity index (χ0) is 12.7. The second-order valence-electron chi connectivity index (χ2n) is 5.64. The molecule has 0 bridgehead atoms. The van der Waals surface area contributed by atoms with E-state index < -0.39 is 0 Å². The smallest absolute Gasteiger partial charge is 0.0611 e. The second kappa shape index (κ2) is 7.34. The van der Waals surface area contributed by atoms with Crippen LogP contribution in [0.2, 0.25) is 0 Å². The molecule has 1 heterocycles. The maximum atomic E-state index is 9.53. The number of aliphatic hydroxyl groups excluding tert-OH is 1. The molecular weight excluding hydrogens is 212 g/mol. The Bertz CT molecular complexity index is 210. The molecule has 2 N–H and O–H groups in total. The van der Waals surface area contributed by atoms with Gasteiger partial charge < -0.3 is 15.3 Å². The number of rotatable bonds is 8. The number of hydrogen-bond acceptors (Lipinski definition) is 3. The highest BCUT2D eigenvalue weighted by Gasteiger charge is 2.27. The Kier molecular flexibility index (Phi) is 6.45. The first-order chi connectivity index (χ1) is 8.15. The van der Waals surface area contributed by atoms with Crippen molar-refractivity contribution < 1.29 is 5.11 Å². The first-order valence-corrected chi connectivity index (χ1v) is 7.25. The highest BCUT2D eigenvalue weighted by molar-refractivity contribution is 4.86. The Morgan fingerprint density at radius 1 is 1.41 bits per heavy atom. The van der Waals surface area contributed by atoms with Crippen molar-refractivity contribution in [1.82, 2.24) is 10.2 Å². The first-order valence-electron chi connectivity index (χ1n) is 7.25. The van der Waals surface area contributed by atoms with Gasteiger partial charge in [0.1, 0.15) is 0 Å². The molecule has 0 spiro atoms. The predicted molar refractivity (Wildman–Crippen MR) is 73.3 cm³/mol. The fourth-order valence-corrected chi connectivity index (χ4v) is 2.69. The second-order valence-corrected chi connectivity index (χ2v) is 5.64. The van der Waals surface area contributed by atoms with Crippen LogP contribution in [0.1, 0.15) is 52.9 Å². The van der Waals surface area contributed by atoms with Gasteiger partial charge in [0.15, 0.2) is 0 Å². The highest BCUT2D eigenvalue weighted by Crippen LogP contribution is 2.21. The van der Waals surface area contributed by atoms with E-state index in [9.17, 15) is 5.11 Å². The van der Waals surface area contributed by atoms with Gasteiger partial charge in [-0.25, -0.2) is 0 Å².